The minimum atomic E-state index is 0.104. The largest absolute Gasteiger partial charge is 0.493 e. The van der Waals surface area contributed by atoms with Crippen molar-refractivity contribution in [2.75, 3.05) is 11.9 Å². The zero-order valence-corrected chi connectivity index (χ0v) is 15.6. The Kier molecular flexibility index (Phi) is 5.71. The van der Waals surface area contributed by atoms with E-state index in [1.54, 1.807) is 0 Å². The molecule has 0 aliphatic heterocycles. The minimum Gasteiger partial charge on any atom is -0.493 e. The molecule has 1 nitrogen and oxygen atoms in total. The molecule has 114 valence electrons. The maximum absolute atomic E-state index is 6.17. The molecular formula is C18H29BrO. The summed E-state index contributed by atoms with van der Waals surface area (Å²) in [5.41, 5.74) is 2.93. The van der Waals surface area contributed by atoms with Gasteiger partial charge < -0.3 is 4.74 Å². The molecule has 0 saturated heterocycles. The molecule has 0 aromatic heterocycles. The first-order valence-corrected chi connectivity index (χ1v) is 8.47. The van der Waals surface area contributed by atoms with E-state index < -0.39 is 0 Å². The van der Waals surface area contributed by atoms with Crippen LogP contribution in [0.4, 0.5) is 0 Å². The van der Waals surface area contributed by atoms with Gasteiger partial charge in [0, 0.05) is 11.2 Å². The van der Waals surface area contributed by atoms with Gasteiger partial charge in [-0.1, -0.05) is 75.2 Å². The summed E-state index contributed by atoms with van der Waals surface area (Å²) in [6.07, 6.45) is 0. The molecule has 1 atom stereocenters. The van der Waals surface area contributed by atoms with E-state index >= 15 is 0 Å². The lowest BCUT2D eigenvalue weighted by atomic mass is 9.82. The molecule has 0 bridgehead atoms. The smallest absolute Gasteiger partial charge is 0.123 e. The van der Waals surface area contributed by atoms with E-state index in [1.165, 1.54) is 11.1 Å². The standard InChI is InChI=1S/C18H29BrO/c1-13-8-9-16(15(10-13)18(5,6)7)20-12-14(11-19)17(2,3)4/h8-10,14H,11-12H2,1-7H3. The zero-order valence-electron chi connectivity index (χ0n) is 14.0. The van der Waals surface area contributed by atoms with E-state index in [0.717, 1.165) is 17.7 Å². The van der Waals surface area contributed by atoms with Gasteiger partial charge >= 0.3 is 0 Å². The number of hydrogen-bond donors (Lipinski definition) is 0. The molecular weight excluding hydrogens is 312 g/mol. The van der Waals surface area contributed by atoms with Crippen LogP contribution in [0.3, 0.4) is 0 Å². The van der Waals surface area contributed by atoms with E-state index in [4.69, 9.17) is 4.74 Å². The van der Waals surface area contributed by atoms with Crippen LogP contribution in [0.25, 0.3) is 0 Å². The maximum atomic E-state index is 6.17. The van der Waals surface area contributed by atoms with Crippen LogP contribution in [0.15, 0.2) is 18.2 Å². The van der Waals surface area contributed by atoms with E-state index in [2.05, 4.69) is 82.6 Å². The number of rotatable bonds is 4. The molecule has 0 amide bonds. The molecule has 0 radical (unpaired) electrons. The Morgan fingerprint density at radius 2 is 1.70 bits per heavy atom. The topological polar surface area (TPSA) is 9.23 Å². The Hall–Kier alpha value is -0.500. The predicted molar refractivity (Wildman–Crippen MR) is 92.1 cm³/mol. The summed E-state index contributed by atoms with van der Waals surface area (Å²) in [4.78, 5) is 0. The summed E-state index contributed by atoms with van der Waals surface area (Å²) in [5.74, 6) is 1.52. The highest BCUT2D eigenvalue weighted by atomic mass is 79.9. The van der Waals surface area contributed by atoms with Crippen LogP contribution in [0.2, 0.25) is 0 Å². The second kappa shape index (κ2) is 6.51. The van der Waals surface area contributed by atoms with Gasteiger partial charge in [0.2, 0.25) is 0 Å². The van der Waals surface area contributed by atoms with Crippen LogP contribution in [-0.4, -0.2) is 11.9 Å². The summed E-state index contributed by atoms with van der Waals surface area (Å²) >= 11 is 3.61. The van der Waals surface area contributed by atoms with Crippen LogP contribution in [0, 0.1) is 18.3 Å². The van der Waals surface area contributed by atoms with Gasteiger partial charge in [0.05, 0.1) is 6.61 Å². The lowest BCUT2D eigenvalue weighted by molar-refractivity contribution is 0.164. The summed E-state index contributed by atoms with van der Waals surface area (Å²) in [7, 11) is 0. The van der Waals surface area contributed by atoms with E-state index in [0.29, 0.717) is 5.92 Å². The molecule has 0 N–H and O–H groups in total. The SMILES string of the molecule is Cc1ccc(OCC(CBr)C(C)(C)C)c(C(C)(C)C)c1. The maximum Gasteiger partial charge on any atom is 0.123 e. The number of ether oxygens (including phenoxy) is 1. The van der Waals surface area contributed by atoms with Crippen LogP contribution in [-0.2, 0) is 5.41 Å². The van der Waals surface area contributed by atoms with Crippen molar-refractivity contribution in [3.8, 4) is 5.75 Å². The number of aryl methyl sites for hydroxylation is 1. The first-order valence-electron chi connectivity index (χ1n) is 7.35. The fraction of sp³-hybridized carbons (Fsp3) is 0.667. The normalized spacial score (nSPS) is 14.2. The number of benzene rings is 1. The first kappa shape index (κ1) is 17.6. The summed E-state index contributed by atoms with van der Waals surface area (Å²) < 4.78 is 6.17. The second-order valence-electron chi connectivity index (χ2n) is 7.78. The molecule has 0 aliphatic carbocycles. The van der Waals surface area contributed by atoms with Crippen molar-refractivity contribution in [3.05, 3.63) is 29.3 Å². The second-order valence-corrected chi connectivity index (χ2v) is 8.43. The fourth-order valence-corrected chi connectivity index (χ4v) is 3.23. The third kappa shape index (κ3) is 4.80. The van der Waals surface area contributed by atoms with E-state index in [9.17, 15) is 0 Å². The average molecular weight is 341 g/mol. The van der Waals surface area contributed by atoms with Crippen molar-refractivity contribution in [2.45, 2.75) is 53.9 Å². The van der Waals surface area contributed by atoms with Crippen LogP contribution >= 0.6 is 15.9 Å². The Labute approximate surface area is 133 Å². The highest BCUT2D eigenvalue weighted by Gasteiger charge is 2.25. The third-order valence-electron chi connectivity index (χ3n) is 3.79. The van der Waals surface area contributed by atoms with Gasteiger partial charge in [-0.2, -0.15) is 0 Å². The van der Waals surface area contributed by atoms with Crippen molar-refractivity contribution < 1.29 is 4.74 Å². The van der Waals surface area contributed by atoms with Gasteiger partial charge in [0.25, 0.3) is 0 Å². The van der Waals surface area contributed by atoms with Gasteiger partial charge in [-0.15, -0.1) is 0 Å². The first-order chi connectivity index (χ1) is 9.05. The minimum absolute atomic E-state index is 0.104. The summed E-state index contributed by atoms with van der Waals surface area (Å²) in [6, 6.07) is 6.49. The highest BCUT2D eigenvalue weighted by Crippen LogP contribution is 2.34. The van der Waals surface area contributed by atoms with Crippen molar-refractivity contribution >= 4 is 15.9 Å². The van der Waals surface area contributed by atoms with Gasteiger partial charge in [0.15, 0.2) is 0 Å². The summed E-state index contributed by atoms with van der Waals surface area (Å²) in [5, 5.41) is 0.965. The molecule has 2 heteroatoms. The molecule has 0 saturated carbocycles. The van der Waals surface area contributed by atoms with Crippen molar-refractivity contribution in [1.29, 1.82) is 0 Å². The Morgan fingerprint density at radius 3 is 2.15 bits per heavy atom. The van der Waals surface area contributed by atoms with E-state index in [1.807, 2.05) is 0 Å². The van der Waals surface area contributed by atoms with Crippen molar-refractivity contribution in [2.24, 2.45) is 11.3 Å². The van der Waals surface area contributed by atoms with E-state index in [-0.39, 0.29) is 10.8 Å². The van der Waals surface area contributed by atoms with Gasteiger partial charge in [-0.25, -0.2) is 0 Å². The summed E-state index contributed by atoms with van der Waals surface area (Å²) in [6.45, 7) is 16.4. The molecule has 0 fully saturated rings. The quantitative estimate of drug-likeness (QED) is 0.636. The highest BCUT2D eigenvalue weighted by molar-refractivity contribution is 9.09. The van der Waals surface area contributed by atoms with Crippen molar-refractivity contribution in [1.82, 2.24) is 0 Å². The molecule has 0 heterocycles. The molecule has 1 aromatic rings. The molecule has 1 aromatic carbocycles. The molecule has 1 rings (SSSR count). The number of alkyl halides is 1. The van der Waals surface area contributed by atoms with Gasteiger partial charge in [-0.3, -0.25) is 0 Å². The van der Waals surface area contributed by atoms with Gasteiger partial charge in [-0.05, 0) is 29.4 Å². The van der Waals surface area contributed by atoms with Crippen molar-refractivity contribution in [3.63, 3.8) is 0 Å². The van der Waals surface area contributed by atoms with Gasteiger partial charge in [0.1, 0.15) is 5.75 Å². The Morgan fingerprint density at radius 1 is 1.10 bits per heavy atom. The zero-order chi connectivity index (χ0) is 15.6. The third-order valence-corrected chi connectivity index (χ3v) is 4.58. The fourth-order valence-electron chi connectivity index (χ4n) is 2.07. The number of halogens is 1. The Balaban J connectivity index is 2.93. The number of hydrogen-bond acceptors (Lipinski definition) is 1. The van der Waals surface area contributed by atoms with Crippen LogP contribution in [0.5, 0.6) is 5.75 Å². The molecule has 1 unspecified atom stereocenters. The molecule has 0 spiro atoms. The predicted octanol–water partition coefficient (Wildman–Crippen LogP) is 5.73. The Bertz CT molecular complexity index is 438. The lowest BCUT2D eigenvalue weighted by Gasteiger charge is -2.30. The monoisotopic (exact) mass is 340 g/mol. The van der Waals surface area contributed by atoms with Crippen LogP contribution in [0.1, 0.15) is 52.7 Å². The molecule has 20 heavy (non-hydrogen) atoms. The molecule has 0 aliphatic rings. The average Bonchev–Trinajstić information content (AvgIpc) is 2.28. The van der Waals surface area contributed by atoms with Crippen LogP contribution < -0.4 is 4.74 Å². The lowest BCUT2D eigenvalue weighted by Crippen LogP contribution is -2.28.